The van der Waals surface area contributed by atoms with Crippen LogP contribution in [-0.2, 0) is 21.2 Å². The predicted molar refractivity (Wildman–Crippen MR) is 111 cm³/mol. The summed E-state index contributed by atoms with van der Waals surface area (Å²) >= 11 is 0. The van der Waals surface area contributed by atoms with Crippen molar-refractivity contribution in [3.63, 3.8) is 0 Å². The molecule has 4 rings (SSSR count). The lowest BCUT2D eigenvalue weighted by Gasteiger charge is -2.37. The van der Waals surface area contributed by atoms with Gasteiger partial charge in [0.15, 0.2) is 0 Å². The zero-order chi connectivity index (χ0) is 20.2. The lowest BCUT2D eigenvalue weighted by Crippen LogP contribution is -2.46. The van der Waals surface area contributed by atoms with Crippen LogP contribution >= 0.6 is 0 Å². The van der Waals surface area contributed by atoms with Crippen molar-refractivity contribution in [2.75, 3.05) is 5.75 Å². The second-order valence-electron chi connectivity index (χ2n) is 9.51. The second kappa shape index (κ2) is 6.72. The molecule has 4 atom stereocenters. The van der Waals surface area contributed by atoms with Gasteiger partial charge < -0.3 is 0 Å². The fraction of sp³-hybridized carbons (Fsp3) is 0.609. The van der Waals surface area contributed by atoms with E-state index in [-0.39, 0.29) is 34.4 Å². The van der Waals surface area contributed by atoms with Crippen LogP contribution in [0.3, 0.4) is 0 Å². The highest BCUT2D eigenvalue weighted by Gasteiger charge is 2.72. The molecule has 5 heteroatoms. The lowest BCUT2D eigenvalue weighted by atomic mass is 9.69. The molecule has 2 saturated carbocycles. The minimum atomic E-state index is -3.56. The van der Waals surface area contributed by atoms with Gasteiger partial charge in [0.1, 0.15) is 0 Å². The molecule has 1 saturated heterocycles. The van der Waals surface area contributed by atoms with E-state index in [0.29, 0.717) is 25.2 Å². The Kier molecular flexibility index (Phi) is 4.72. The molecule has 1 heterocycles. The number of carbonyl (C=O) groups excluding carboxylic acids is 1. The maximum absolute atomic E-state index is 13.6. The Hall–Kier alpha value is -1.62. The first-order chi connectivity index (χ1) is 13.2. The van der Waals surface area contributed by atoms with Crippen molar-refractivity contribution in [3.8, 4) is 0 Å². The summed E-state index contributed by atoms with van der Waals surface area (Å²) in [5.41, 5.74) is 0.794. The minimum Gasteiger partial charge on any atom is -0.273 e. The third-order valence-corrected chi connectivity index (χ3v) is 9.94. The molecule has 152 valence electrons. The van der Waals surface area contributed by atoms with Crippen LogP contribution in [0.25, 0.3) is 0 Å². The number of benzene rings is 1. The summed E-state index contributed by atoms with van der Waals surface area (Å²) < 4.78 is 27.7. The molecule has 0 N–H and O–H groups in total. The molecule has 3 unspecified atom stereocenters. The molecule has 4 nitrogen and oxygen atoms in total. The maximum Gasteiger partial charge on any atom is 0.239 e. The molecule has 1 aromatic rings. The number of hydrogen-bond donors (Lipinski definition) is 0. The van der Waals surface area contributed by atoms with E-state index >= 15 is 0 Å². The summed E-state index contributed by atoms with van der Waals surface area (Å²) in [5, 5.41) is 0. The van der Waals surface area contributed by atoms with Crippen LogP contribution in [-0.4, -0.2) is 30.4 Å². The summed E-state index contributed by atoms with van der Waals surface area (Å²) in [7, 11) is -3.56. The topological polar surface area (TPSA) is 54.5 Å². The van der Waals surface area contributed by atoms with Crippen molar-refractivity contribution < 1.29 is 13.2 Å². The predicted octanol–water partition coefficient (Wildman–Crippen LogP) is 4.18. The van der Waals surface area contributed by atoms with Gasteiger partial charge in [0.2, 0.25) is 15.9 Å². The number of allylic oxidation sites excluding steroid dienone is 1. The summed E-state index contributed by atoms with van der Waals surface area (Å²) in [4.78, 5) is 13.6. The molecule has 1 spiro atoms. The summed E-state index contributed by atoms with van der Waals surface area (Å²) in [6, 6.07) is 9.75. The number of amides is 1. The van der Waals surface area contributed by atoms with Gasteiger partial charge in [0.25, 0.3) is 0 Å². The first-order valence-corrected chi connectivity index (χ1v) is 12.0. The average Bonchev–Trinajstić information content (AvgIpc) is 3.13. The van der Waals surface area contributed by atoms with Gasteiger partial charge in [0.05, 0.1) is 11.8 Å². The first-order valence-electron chi connectivity index (χ1n) is 10.4. The van der Waals surface area contributed by atoms with E-state index in [9.17, 15) is 13.2 Å². The Labute approximate surface area is 169 Å². The van der Waals surface area contributed by atoms with Crippen molar-refractivity contribution in [1.29, 1.82) is 0 Å². The van der Waals surface area contributed by atoms with Crippen LogP contribution in [0.15, 0.2) is 43.0 Å². The molecule has 3 fully saturated rings. The smallest absolute Gasteiger partial charge is 0.239 e. The monoisotopic (exact) mass is 401 g/mol. The Morgan fingerprint density at radius 2 is 2.04 bits per heavy atom. The van der Waals surface area contributed by atoms with E-state index < -0.39 is 10.0 Å². The molecular formula is C23H31NO3S. The van der Waals surface area contributed by atoms with Crippen LogP contribution in [0, 0.1) is 22.7 Å². The van der Waals surface area contributed by atoms with Gasteiger partial charge in [-0.25, -0.2) is 12.7 Å². The van der Waals surface area contributed by atoms with Crippen LogP contribution < -0.4 is 0 Å². The molecule has 0 aromatic heterocycles. The zero-order valence-corrected chi connectivity index (χ0v) is 17.7. The van der Waals surface area contributed by atoms with E-state index in [1.165, 1.54) is 4.31 Å². The maximum atomic E-state index is 13.6. The number of rotatable bonds is 6. The summed E-state index contributed by atoms with van der Waals surface area (Å²) in [6.45, 7) is 8.22. The molecule has 1 amide bonds. The Morgan fingerprint density at radius 1 is 1.32 bits per heavy atom. The normalized spacial score (nSPS) is 32.9. The molecule has 2 aliphatic carbocycles. The Balaban J connectivity index is 1.66. The molecule has 1 aromatic carbocycles. The third kappa shape index (κ3) is 2.77. The number of sulfonamides is 1. The summed E-state index contributed by atoms with van der Waals surface area (Å²) in [6.07, 6.45) is 6.58. The van der Waals surface area contributed by atoms with Crippen molar-refractivity contribution in [3.05, 3.63) is 48.6 Å². The van der Waals surface area contributed by atoms with Crippen molar-refractivity contribution in [2.45, 2.75) is 58.4 Å². The number of hydrogen-bond acceptors (Lipinski definition) is 3. The zero-order valence-electron chi connectivity index (χ0n) is 16.9. The van der Waals surface area contributed by atoms with Gasteiger partial charge in [-0.3, -0.25) is 4.79 Å². The minimum absolute atomic E-state index is 0.0180. The number of fused-ring (bicyclic) bond motifs is 1. The van der Waals surface area contributed by atoms with Gasteiger partial charge >= 0.3 is 0 Å². The summed E-state index contributed by atoms with van der Waals surface area (Å²) in [5.74, 6) is 0.131. The standard InChI is InChI=1S/C23H31NO3S/c1-4-5-11-18(14-17-9-7-6-8-10-17)21(25)24-20-15-19-12-13-23(20,22(19,2)3)16-28(24,26)27/h4,6-10,18-20H,1,5,11-16H2,2-3H3/t18-,19?,20?,23?/m0/s1. The van der Waals surface area contributed by atoms with Crippen molar-refractivity contribution >= 4 is 15.9 Å². The average molecular weight is 402 g/mol. The van der Waals surface area contributed by atoms with Gasteiger partial charge in [0, 0.05) is 11.3 Å². The van der Waals surface area contributed by atoms with Crippen LogP contribution in [0.2, 0.25) is 0 Å². The molecule has 2 bridgehead atoms. The van der Waals surface area contributed by atoms with Gasteiger partial charge in [-0.2, -0.15) is 0 Å². The highest BCUT2D eigenvalue weighted by Crippen LogP contribution is 2.70. The quantitative estimate of drug-likeness (QED) is 0.672. The lowest BCUT2D eigenvalue weighted by molar-refractivity contribution is -0.133. The van der Waals surface area contributed by atoms with Crippen LogP contribution in [0.5, 0.6) is 0 Å². The number of nitrogens with zero attached hydrogens (tertiary/aromatic N) is 1. The third-order valence-electron chi connectivity index (χ3n) is 8.02. The van der Waals surface area contributed by atoms with E-state index in [0.717, 1.165) is 24.8 Å². The van der Waals surface area contributed by atoms with Crippen molar-refractivity contribution in [2.24, 2.45) is 22.7 Å². The molecule has 1 aliphatic heterocycles. The van der Waals surface area contributed by atoms with Gasteiger partial charge in [-0.15, -0.1) is 6.58 Å². The largest absolute Gasteiger partial charge is 0.273 e. The number of carbonyl (C=O) groups is 1. The molecular weight excluding hydrogens is 370 g/mol. The van der Waals surface area contributed by atoms with Crippen LogP contribution in [0.4, 0.5) is 0 Å². The van der Waals surface area contributed by atoms with E-state index in [1.807, 2.05) is 36.4 Å². The van der Waals surface area contributed by atoms with E-state index in [4.69, 9.17) is 0 Å². The SMILES string of the molecule is C=CCC[C@@H](Cc1ccccc1)C(=O)N1C2CC3CCC2(CS1(=O)=O)C3(C)C. The Morgan fingerprint density at radius 3 is 2.68 bits per heavy atom. The highest BCUT2D eigenvalue weighted by molar-refractivity contribution is 7.90. The van der Waals surface area contributed by atoms with E-state index in [2.05, 4.69) is 20.4 Å². The molecule has 3 aliphatic rings. The fourth-order valence-corrected chi connectivity index (χ4v) is 8.89. The van der Waals surface area contributed by atoms with E-state index in [1.54, 1.807) is 0 Å². The van der Waals surface area contributed by atoms with Gasteiger partial charge in [-0.05, 0) is 55.4 Å². The first kappa shape index (κ1) is 19.7. The highest BCUT2D eigenvalue weighted by atomic mass is 32.2. The fourth-order valence-electron chi connectivity index (χ4n) is 6.29. The second-order valence-corrected chi connectivity index (χ2v) is 11.4. The van der Waals surface area contributed by atoms with Crippen molar-refractivity contribution in [1.82, 2.24) is 4.31 Å². The van der Waals surface area contributed by atoms with Gasteiger partial charge in [-0.1, -0.05) is 50.3 Å². The molecule has 0 radical (unpaired) electrons. The Bertz CT molecular complexity index is 876. The van der Waals surface area contributed by atoms with Crippen LogP contribution in [0.1, 0.15) is 51.5 Å². The molecule has 28 heavy (non-hydrogen) atoms.